The summed E-state index contributed by atoms with van der Waals surface area (Å²) in [6.07, 6.45) is 3.13. The molecule has 3 atom stereocenters. The minimum Gasteiger partial charge on any atom is -0.375 e. The van der Waals surface area contributed by atoms with Gasteiger partial charge in [-0.1, -0.05) is 13.8 Å². The molecule has 0 amide bonds. The van der Waals surface area contributed by atoms with Crippen LogP contribution in [0.25, 0.3) is 0 Å². The molecule has 0 aliphatic carbocycles. The van der Waals surface area contributed by atoms with Crippen LogP contribution in [-0.2, 0) is 4.74 Å². The Hall–Kier alpha value is -0.0800. The van der Waals surface area contributed by atoms with Crippen molar-refractivity contribution in [3.63, 3.8) is 0 Å². The molecule has 0 aromatic carbocycles. The molecule has 2 nitrogen and oxygen atoms in total. The van der Waals surface area contributed by atoms with Crippen molar-refractivity contribution in [3.8, 4) is 0 Å². The molecule has 0 aromatic rings. The molecule has 1 fully saturated rings. The van der Waals surface area contributed by atoms with E-state index in [1.165, 1.54) is 0 Å². The largest absolute Gasteiger partial charge is 0.375 e. The molecule has 14 heavy (non-hydrogen) atoms. The predicted molar refractivity (Wildman–Crippen MR) is 60.5 cm³/mol. The summed E-state index contributed by atoms with van der Waals surface area (Å²) in [4.78, 5) is 0. The van der Waals surface area contributed by atoms with Crippen LogP contribution in [0, 0.1) is 5.92 Å². The van der Waals surface area contributed by atoms with Gasteiger partial charge in [0.25, 0.3) is 0 Å². The van der Waals surface area contributed by atoms with Crippen molar-refractivity contribution in [2.75, 3.05) is 0 Å². The second kappa shape index (κ2) is 5.13. The maximum absolute atomic E-state index is 5.72. The van der Waals surface area contributed by atoms with Gasteiger partial charge in [-0.2, -0.15) is 0 Å². The quantitative estimate of drug-likeness (QED) is 0.754. The van der Waals surface area contributed by atoms with E-state index in [2.05, 4.69) is 39.9 Å². The van der Waals surface area contributed by atoms with Crippen LogP contribution < -0.4 is 5.32 Å². The number of hydrogen-bond donors (Lipinski definition) is 1. The Morgan fingerprint density at radius 3 is 2.00 bits per heavy atom. The van der Waals surface area contributed by atoms with Gasteiger partial charge in [-0.05, 0) is 39.5 Å². The van der Waals surface area contributed by atoms with Crippen molar-refractivity contribution in [1.82, 2.24) is 5.32 Å². The Morgan fingerprint density at radius 1 is 1.07 bits per heavy atom. The zero-order chi connectivity index (χ0) is 10.7. The topological polar surface area (TPSA) is 21.3 Å². The molecule has 0 spiro atoms. The van der Waals surface area contributed by atoms with Crippen LogP contribution in [0.4, 0.5) is 0 Å². The zero-order valence-corrected chi connectivity index (χ0v) is 10.2. The SMILES string of the molecule is CC(C)[C@@H](C)NC1C[C@@H](C)O[C@H](C)C1. The van der Waals surface area contributed by atoms with Crippen LogP contribution in [0.15, 0.2) is 0 Å². The zero-order valence-electron chi connectivity index (χ0n) is 10.2. The minimum atomic E-state index is 0.413. The van der Waals surface area contributed by atoms with Gasteiger partial charge in [0, 0.05) is 12.1 Å². The molecule has 1 aliphatic rings. The van der Waals surface area contributed by atoms with Gasteiger partial charge < -0.3 is 10.1 Å². The number of nitrogens with one attached hydrogen (secondary N) is 1. The van der Waals surface area contributed by atoms with Crippen LogP contribution in [0.5, 0.6) is 0 Å². The van der Waals surface area contributed by atoms with Gasteiger partial charge in [0.2, 0.25) is 0 Å². The molecule has 84 valence electrons. The Bertz CT molecular complexity index is 160. The summed E-state index contributed by atoms with van der Waals surface area (Å²) in [5.74, 6) is 0.712. The molecule has 0 radical (unpaired) electrons. The fourth-order valence-electron chi connectivity index (χ4n) is 2.11. The monoisotopic (exact) mass is 199 g/mol. The van der Waals surface area contributed by atoms with Gasteiger partial charge >= 0.3 is 0 Å². The summed E-state index contributed by atoms with van der Waals surface area (Å²) in [7, 11) is 0. The molecule has 0 aromatic heterocycles. The molecular weight excluding hydrogens is 174 g/mol. The van der Waals surface area contributed by atoms with Crippen LogP contribution in [-0.4, -0.2) is 24.3 Å². The van der Waals surface area contributed by atoms with Crippen molar-refractivity contribution in [2.45, 2.75) is 71.8 Å². The van der Waals surface area contributed by atoms with E-state index in [1.54, 1.807) is 0 Å². The third kappa shape index (κ3) is 3.58. The maximum atomic E-state index is 5.72. The third-order valence-corrected chi connectivity index (χ3v) is 3.20. The first kappa shape index (κ1) is 12.0. The molecule has 1 rings (SSSR count). The lowest BCUT2D eigenvalue weighted by Gasteiger charge is -2.35. The van der Waals surface area contributed by atoms with Crippen molar-refractivity contribution in [2.24, 2.45) is 5.92 Å². The normalized spacial score (nSPS) is 36.0. The van der Waals surface area contributed by atoms with Crippen LogP contribution in [0.3, 0.4) is 0 Å². The summed E-state index contributed by atoms with van der Waals surface area (Å²) in [5.41, 5.74) is 0. The second-order valence-corrected chi connectivity index (χ2v) is 5.13. The lowest BCUT2D eigenvalue weighted by Crippen LogP contribution is -2.46. The van der Waals surface area contributed by atoms with Gasteiger partial charge in [0.05, 0.1) is 12.2 Å². The standard InChI is InChI=1S/C12H25NO/c1-8(2)11(5)13-12-6-9(3)14-10(4)7-12/h8-13H,6-7H2,1-5H3/t9-,10-,11-/m1/s1. The van der Waals surface area contributed by atoms with Crippen LogP contribution in [0.1, 0.15) is 47.5 Å². The molecule has 0 unspecified atom stereocenters. The fraction of sp³-hybridized carbons (Fsp3) is 1.00. The van der Waals surface area contributed by atoms with Gasteiger partial charge in [0.1, 0.15) is 0 Å². The van der Waals surface area contributed by atoms with E-state index < -0.39 is 0 Å². The predicted octanol–water partition coefficient (Wildman–Crippen LogP) is 2.58. The summed E-state index contributed by atoms with van der Waals surface area (Å²) in [5, 5.41) is 3.70. The van der Waals surface area contributed by atoms with Crippen molar-refractivity contribution in [3.05, 3.63) is 0 Å². The van der Waals surface area contributed by atoms with Gasteiger partial charge in [-0.25, -0.2) is 0 Å². The summed E-state index contributed by atoms with van der Waals surface area (Å²) in [6.45, 7) is 11.2. The van der Waals surface area contributed by atoms with E-state index in [1.807, 2.05) is 0 Å². The average Bonchev–Trinajstić information content (AvgIpc) is 2.01. The lowest BCUT2D eigenvalue weighted by atomic mass is 9.97. The van der Waals surface area contributed by atoms with E-state index in [9.17, 15) is 0 Å². The summed E-state index contributed by atoms with van der Waals surface area (Å²) in [6, 6.07) is 1.25. The second-order valence-electron chi connectivity index (χ2n) is 5.13. The highest BCUT2D eigenvalue weighted by Gasteiger charge is 2.25. The molecule has 2 heteroatoms. The molecule has 1 N–H and O–H groups in total. The molecule has 0 saturated carbocycles. The van der Waals surface area contributed by atoms with E-state index in [-0.39, 0.29) is 0 Å². The maximum Gasteiger partial charge on any atom is 0.0565 e. The molecule has 0 bridgehead atoms. The third-order valence-electron chi connectivity index (χ3n) is 3.20. The fourth-order valence-corrected chi connectivity index (χ4v) is 2.11. The number of rotatable bonds is 3. The minimum absolute atomic E-state index is 0.413. The van der Waals surface area contributed by atoms with Gasteiger partial charge in [-0.3, -0.25) is 0 Å². The van der Waals surface area contributed by atoms with Crippen molar-refractivity contribution >= 4 is 0 Å². The van der Waals surface area contributed by atoms with Crippen LogP contribution >= 0.6 is 0 Å². The van der Waals surface area contributed by atoms with E-state index in [0.717, 1.165) is 12.8 Å². The smallest absolute Gasteiger partial charge is 0.0565 e. The first-order valence-electron chi connectivity index (χ1n) is 5.90. The average molecular weight is 199 g/mol. The molecular formula is C12H25NO. The highest BCUT2D eigenvalue weighted by atomic mass is 16.5. The van der Waals surface area contributed by atoms with Crippen LogP contribution in [0.2, 0.25) is 0 Å². The van der Waals surface area contributed by atoms with Gasteiger partial charge in [-0.15, -0.1) is 0 Å². The molecule has 1 saturated heterocycles. The van der Waals surface area contributed by atoms with E-state index in [0.29, 0.717) is 30.2 Å². The lowest BCUT2D eigenvalue weighted by molar-refractivity contribution is -0.0439. The molecule has 1 aliphatic heterocycles. The first-order valence-corrected chi connectivity index (χ1v) is 5.90. The van der Waals surface area contributed by atoms with Crippen molar-refractivity contribution in [1.29, 1.82) is 0 Å². The Labute approximate surface area is 88.4 Å². The number of hydrogen-bond acceptors (Lipinski definition) is 2. The Morgan fingerprint density at radius 2 is 1.57 bits per heavy atom. The Balaban J connectivity index is 2.36. The summed E-state index contributed by atoms with van der Waals surface area (Å²) < 4.78 is 5.72. The van der Waals surface area contributed by atoms with Crippen molar-refractivity contribution < 1.29 is 4.74 Å². The summed E-state index contributed by atoms with van der Waals surface area (Å²) >= 11 is 0. The highest BCUT2D eigenvalue weighted by Crippen LogP contribution is 2.20. The molecule has 1 heterocycles. The van der Waals surface area contributed by atoms with E-state index in [4.69, 9.17) is 4.74 Å². The Kier molecular flexibility index (Phi) is 4.39. The van der Waals surface area contributed by atoms with Gasteiger partial charge in [0.15, 0.2) is 0 Å². The highest BCUT2D eigenvalue weighted by molar-refractivity contribution is 4.81. The van der Waals surface area contributed by atoms with E-state index >= 15 is 0 Å². The number of ether oxygens (including phenoxy) is 1. The first-order chi connectivity index (χ1) is 6.49.